The molecule has 4 bridgehead atoms. The van der Waals surface area contributed by atoms with Gasteiger partial charge in [-0.05, 0) is 59.4 Å². The summed E-state index contributed by atoms with van der Waals surface area (Å²) in [5, 5.41) is 3.09. The summed E-state index contributed by atoms with van der Waals surface area (Å²) in [5.41, 5.74) is 3.84. The highest BCUT2D eigenvalue weighted by Gasteiger charge is 2.35. The van der Waals surface area contributed by atoms with Gasteiger partial charge in [0.2, 0.25) is 5.91 Å². The fourth-order valence-electron chi connectivity index (χ4n) is 5.91. The molecule has 3 aromatic carbocycles. The summed E-state index contributed by atoms with van der Waals surface area (Å²) in [6.07, 6.45) is 0.0409. The van der Waals surface area contributed by atoms with Crippen molar-refractivity contribution in [1.82, 2.24) is 15.1 Å². The fraction of sp³-hybridized carbons (Fsp3) is 0.400. The predicted octanol–water partition coefficient (Wildman–Crippen LogP) is 4.55. The summed E-state index contributed by atoms with van der Waals surface area (Å²) in [4.78, 5) is 43.6. The largest absolute Gasteiger partial charge is 0.493 e. The maximum atomic E-state index is 13.7. The van der Waals surface area contributed by atoms with E-state index in [1.165, 1.54) is 4.90 Å². The lowest BCUT2D eigenvalue weighted by Crippen LogP contribution is -2.57. The summed E-state index contributed by atoms with van der Waals surface area (Å²) in [6, 6.07) is 18.0. The zero-order valence-corrected chi connectivity index (χ0v) is 25.9. The van der Waals surface area contributed by atoms with Crippen LogP contribution in [0.3, 0.4) is 0 Å². The molecule has 3 aliphatic heterocycles. The van der Waals surface area contributed by atoms with Crippen molar-refractivity contribution in [2.24, 2.45) is 5.92 Å². The molecule has 2 atom stereocenters. The lowest BCUT2D eigenvalue weighted by Gasteiger charge is -2.39. The van der Waals surface area contributed by atoms with Gasteiger partial charge in [-0.2, -0.15) is 0 Å². The third-order valence-electron chi connectivity index (χ3n) is 8.24. The number of fused-ring (bicyclic) bond motifs is 6. The highest BCUT2D eigenvalue weighted by Crippen LogP contribution is 2.30. The van der Waals surface area contributed by atoms with Crippen molar-refractivity contribution in [3.63, 3.8) is 0 Å². The number of nitrogens with zero attached hydrogens (tertiary/aromatic N) is 2. The van der Waals surface area contributed by atoms with Gasteiger partial charge in [0.15, 0.2) is 0 Å². The molecule has 1 fully saturated rings. The van der Waals surface area contributed by atoms with Crippen LogP contribution in [0.1, 0.15) is 57.7 Å². The minimum Gasteiger partial charge on any atom is -0.493 e. The molecular formula is C35H39N3O7. The Morgan fingerprint density at radius 1 is 1.02 bits per heavy atom. The van der Waals surface area contributed by atoms with Gasteiger partial charge in [0.05, 0.1) is 45.1 Å². The lowest BCUT2D eigenvalue weighted by molar-refractivity contribution is -0.124. The number of amides is 3. The Bertz CT molecular complexity index is 1590. The average molecular weight is 614 g/mol. The standard InChI is InChI=1S/C35H39N3O7/c1-22(2)18-43-27-13-25-14-28(15-27)45-26-8-4-6-23(12-26)19-44-32-16-38(11-10-31(32)36-33(39)17-37(3)34(25)40)35(41)29-9-5-7-24-20-42-21-30(24)29/h4-9,12-15,22,31-32H,10-11,16-21H2,1-3H3,(H,36,39)/t31-,32-/m0/s1. The summed E-state index contributed by atoms with van der Waals surface area (Å²) in [5.74, 6) is 1.13. The Labute approximate surface area is 263 Å². The second kappa shape index (κ2) is 13.3. The third kappa shape index (κ3) is 7.13. The smallest absolute Gasteiger partial charge is 0.254 e. The van der Waals surface area contributed by atoms with E-state index < -0.39 is 6.10 Å². The van der Waals surface area contributed by atoms with E-state index in [1.807, 2.05) is 56.3 Å². The molecule has 236 valence electrons. The van der Waals surface area contributed by atoms with Gasteiger partial charge in [-0.25, -0.2) is 0 Å². The van der Waals surface area contributed by atoms with Gasteiger partial charge in [-0.15, -0.1) is 0 Å². The molecule has 1 saturated heterocycles. The van der Waals surface area contributed by atoms with E-state index in [2.05, 4.69) is 5.32 Å². The summed E-state index contributed by atoms with van der Waals surface area (Å²) in [7, 11) is 1.59. The van der Waals surface area contributed by atoms with Crippen LogP contribution in [0.4, 0.5) is 0 Å². The van der Waals surface area contributed by atoms with Crippen LogP contribution in [0.5, 0.6) is 17.2 Å². The van der Waals surface area contributed by atoms with Crippen LogP contribution in [-0.4, -0.2) is 73.0 Å². The van der Waals surface area contributed by atoms with Gasteiger partial charge in [0.1, 0.15) is 17.2 Å². The van der Waals surface area contributed by atoms with E-state index in [0.717, 1.165) is 16.7 Å². The second-order valence-corrected chi connectivity index (χ2v) is 12.3. The van der Waals surface area contributed by atoms with E-state index in [-0.39, 0.29) is 36.9 Å². The molecule has 0 spiro atoms. The number of hydrogen-bond donors (Lipinski definition) is 1. The number of rotatable bonds is 4. The first-order valence-electron chi connectivity index (χ1n) is 15.4. The van der Waals surface area contributed by atoms with Gasteiger partial charge in [-0.1, -0.05) is 38.1 Å². The minimum absolute atomic E-state index is 0.0727. The van der Waals surface area contributed by atoms with Crippen molar-refractivity contribution >= 4 is 17.7 Å². The minimum atomic E-state index is -0.466. The summed E-state index contributed by atoms with van der Waals surface area (Å²) >= 11 is 0. The third-order valence-corrected chi connectivity index (χ3v) is 8.24. The SMILES string of the molecule is CC(C)COc1cc2cc(c1)C(=O)N(C)CC(=O)N[C@H]1CCN(C(=O)c3cccc4c3COC4)C[C@@H]1OCc1cccc(c1)O2. The zero-order valence-electron chi connectivity index (χ0n) is 25.9. The Morgan fingerprint density at radius 3 is 2.71 bits per heavy atom. The molecule has 3 amide bonds. The van der Waals surface area contributed by atoms with Crippen LogP contribution < -0.4 is 14.8 Å². The molecule has 1 N–H and O–H groups in total. The maximum Gasteiger partial charge on any atom is 0.254 e. The molecule has 0 unspecified atom stereocenters. The van der Waals surface area contributed by atoms with Gasteiger partial charge in [0.25, 0.3) is 11.8 Å². The number of likely N-dealkylation sites (tertiary alicyclic amines) is 1. The van der Waals surface area contributed by atoms with Crippen LogP contribution >= 0.6 is 0 Å². The molecule has 6 rings (SSSR count). The molecule has 0 aliphatic carbocycles. The quantitative estimate of drug-likeness (QED) is 0.460. The van der Waals surface area contributed by atoms with Gasteiger partial charge >= 0.3 is 0 Å². The Morgan fingerprint density at radius 2 is 1.87 bits per heavy atom. The highest BCUT2D eigenvalue weighted by molar-refractivity contribution is 5.97. The second-order valence-electron chi connectivity index (χ2n) is 12.3. The van der Waals surface area contributed by atoms with E-state index >= 15 is 0 Å². The predicted molar refractivity (Wildman–Crippen MR) is 166 cm³/mol. The van der Waals surface area contributed by atoms with Crippen molar-refractivity contribution in [2.45, 2.75) is 52.2 Å². The summed E-state index contributed by atoms with van der Waals surface area (Å²) in [6.45, 7) is 6.38. The molecule has 0 saturated carbocycles. The Balaban J connectivity index is 1.26. The highest BCUT2D eigenvalue weighted by atomic mass is 16.5. The first kappa shape index (κ1) is 30.6. The normalized spacial score (nSPS) is 20.3. The summed E-state index contributed by atoms with van der Waals surface area (Å²) < 4.78 is 24.2. The number of nitrogens with one attached hydrogen (secondary N) is 1. The Kier molecular flexibility index (Phi) is 9.04. The molecule has 3 aliphatic rings. The molecular weight excluding hydrogens is 574 g/mol. The Hall–Kier alpha value is -4.41. The molecule has 3 aromatic rings. The molecule has 3 heterocycles. The van der Waals surface area contributed by atoms with E-state index in [9.17, 15) is 14.4 Å². The molecule has 10 heteroatoms. The number of carbonyl (C=O) groups is 3. The fourth-order valence-corrected chi connectivity index (χ4v) is 5.91. The first-order valence-corrected chi connectivity index (χ1v) is 15.4. The average Bonchev–Trinajstić information content (AvgIpc) is 3.51. The van der Waals surface area contributed by atoms with Crippen molar-refractivity contribution in [3.8, 4) is 17.2 Å². The van der Waals surface area contributed by atoms with Crippen LogP contribution in [0.25, 0.3) is 0 Å². The maximum absolute atomic E-state index is 13.7. The van der Waals surface area contributed by atoms with Crippen molar-refractivity contribution in [3.05, 3.63) is 88.5 Å². The topological polar surface area (TPSA) is 107 Å². The monoisotopic (exact) mass is 613 g/mol. The van der Waals surface area contributed by atoms with E-state index in [0.29, 0.717) is 73.6 Å². The molecule has 45 heavy (non-hydrogen) atoms. The van der Waals surface area contributed by atoms with E-state index in [4.69, 9.17) is 18.9 Å². The van der Waals surface area contributed by atoms with Crippen LogP contribution in [0.15, 0.2) is 60.7 Å². The first-order chi connectivity index (χ1) is 21.7. The number of piperidine rings is 1. The van der Waals surface area contributed by atoms with Crippen LogP contribution in [-0.2, 0) is 34.1 Å². The lowest BCUT2D eigenvalue weighted by atomic mass is 9.98. The van der Waals surface area contributed by atoms with Crippen molar-refractivity contribution < 1.29 is 33.3 Å². The number of hydrogen-bond acceptors (Lipinski definition) is 7. The molecule has 0 radical (unpaired) electrons. The van der Waals surface area contributed by atoms with Crippen LogP contribution in [0.2, 0.25) is 0 Å². The van der Waals surface area contributed by atoms with Crippen LogP contribution in [0, 0.1) is 5.92 Å². The molecule has 0 aromatic heterocycles. The van der Waals surface area contributed by atoms with E-state index in [1.54, 1.807) is 30.1 Å². The van der Waals surface area contributed by atoms with Gasteiger partial charge in [0, 0.05) is 37.3 Å². The van der Waals surface area contributed by atoms with Gasteiger partial charge in [-0.3, -0.25) is 14.4 Å². The molecule has 10 nitrogen and oxygen atoms in total. The zero-order chi connectivity index (χ0) is 31.5. The van der Waals surface area contributed by atoms with Gasteiger partial charge < -0.3 is 34.1 Å². The number of ether oxygens (including phenoxy) is 4. The number of carbonyl (C=O) groups excluding carboxylic acids is 3. The van der Waals surface area contributed by atoms with Crippen molar-refractivity contribution in [2.75, 3.05) is 33.3 Å². The number of likely N-dealkylation sites (N-methyl/N-ethyl adjacent to an activating group) is 1. The van der Waals surface area contributed by atoms with Crippen molar-refractivity contribution in [1.29, 1.82) is 0 Å². The number of benzene rings is 3.